The van der Waals surface area contributed by atoms with E-state index in [2.05, 4.69) is 181 Å². The maximum atomic E-state index is 6.76. The highest BCUT2D eigenvalue weighted by molar-refractivity contribution is 6.24. The van der Waals surface area contributed by atoms with E-state index in [9.17, 15) is 0 Å². The molecule has 7 aromatic carbocycles. The highest BCUT2D eigenvalue weighted by Gasteiger charge is 2.35. The number of para-hydroxylation sites is 3. The average Bonchev–Trinajstić information content (AvgIpc) is 3.75. The van der Waals surface area contributed by atoms with Crippen LogP contribution >= 0.6 is 0 Å². The summed E-state index contributed by atoms with van der Waals surface area (Å²) in [5.74, 6) is 0. The second-order valence-corrected chi connectivity index (χ2v) is 13.4. The standard InChI is InChI=1S/C45H32N2O/c1-45(2)38-19-11-9-17-33(38)36-27-31(21-24-39(36)45)46(29-13-5-3-6-14-29)32-22-26-42-37(28-32)34-23-25-41-43(44(34)48-42)35-18-10-12-20-40(35)47(41)30-15-7-4-8-16-30/h3-28H,1-2H3. The molecule has 10 rings (SSSR count). The number of nitrogens with zero attached hydrogens (tertiary/aromatic N) is 2. The van der Waals surface area contributed by atoms with Crippen molar-refractivity contribution in [2.75, 3.05) is 4.90 Å². The van der Waals surface area contributed by atoms with Crippen molar-refractivity contribution >= 4 is 60.8 Å². The summed E-state index contributed by atoms with van der Waals surface area (Å²) in [6.07, 6.45) is 0. The summed E-state index contributed by atoms with van der Waals surface area (Å²) >= 11 is 0. The lowest BCUT2D eigenvalue weighted by molar-refractivity contribution is 0.660. The lowest BCUT2D eigenvalue weighted by atomic mass is 9.82. The van der Waals surface area contributed by atoms with E-state index in [0.29, 0.717) is 0 Å². The zero-order valence-corrected chi connectivity index (χ0v) is 26.8. The predicted molar refractivity (Wildman–Crippen MR) is 200 cm³/mol. The molecule has 0 unspecified atom stereocenters. The van der Waals surface area contributed by atoms with Crippen molar-refractivity contribution in [3.63, 3.8) is 0 Å². The molecule has 0 bridgehead atoms. The van der Waals surface area contributed by atoms with Crippen molar-refractivity contribution in [3.8, 4) is 16.8 Å². The summed E-state index contributed by atoms with van der Waals surface area (Å²) in [5.41, 5.74) is 13.9. The third kappa shape index (κ3) is 3.76. The van der Waals surface area contributed by atoms with Crippen LogP contribution in [0, 0.1) is 0 Å². The van der Waals surface area contributed by atoms with Gasteiger partial charge in [0.15, 0.2) is 0 Å². The number of hydrogen-bond acceptors (Lipinski definition) is 2. The van der Waals surface area contributed by atoms with Gasteiger partial charge < -0.3 is 13.9 Å². The van der Waals surface area contributed by atoms with Gasteiger partial charge in [-0.15, -0.1) is 0 Å². The molecule has 3 nitrogen and oxygen atoms in total. The van der Waals surface area contributed by atoms with Gasteiger partial charge >= 0.3 is 0 Å². The first-order valence-electron chi connectivity index (χ1n) is 16.6. The molecule has 48 heavy (non-hydrogen) atoms. The number of furan rings is 1. The number of fused-ring (bicyclic) bond motifs is 10. The molecule has 0 spiro atoms. The van der Waals surface area contributed by atoms with E-state index in [1.807, 2.05) is 0 Å². The smallest absolute Gasteiger partial charge is 0.145 e. The minimum atomic E-state index is -0.0361. The molecule has 3 heteroatoms. The van der Waals surface area contributed by atoms with Gasteiger partial charge in [-0.1, -0.05) is 98.8 Å². The molecule has 0 atom stereocenters. The molecule has 0 fully saturated rings. The van der Waals surface area contributed by atoms with Gasteiger partial charge in [0.2, 0.25) is 0 Å². The zero-order valence-electron chi connectivity index (χ0n) is 26.8. The number of rotatable bonds is 4. The Hall–Kier alpha value is -6.06. The SMILES string of the molecule is CC1(C)c2ccccc2-c2cc(N(c3ccccc3)c3ccc4oc5c(ccc6c5c5ccccc5n6-c5ccccc5)c4c3)ccc21. The first kappa shape index (κ1) is 27.1. The fourth-order valence-electron chi connectivity index (χ4n) is 8.14. The van der Waals surface area contributed by atoms with Crippen LogP contribution in [0.2, 0.25) is 0 Å². The molecule has 0 N–H and O–H groups in total. The summed E-state index contributed by atoms with van der Waals surface area (Å²) in [7, 11) is 0. The second-order valence-electron chi connectivity index (χ2n) is 13.4. The first-order chi connectivity index (χ1) is 23.6. The molecule has 0 saturated heterocycles. The van der Waals surface area contributed by atoms with Crippen LogP contribution in [-0.4, -0.2) is 4.57 Å². The summed E-state index contributed by atoms with van der Waals surface area (Å²) < 4.78 is 9.10. The molecule has 2 heterocycles. The maximum Gasteiger partial charge on any atom is 0.145 e. The normalized spacial score (nSPS) is 13.4. The summed E-state index contributed by atoms with van der Waals surface area (Å²) in [6.45, 7) is 4.66. The molecule has 228 valence electrons. The topological polar surface area (TPSA) is 21.3 Å². The third-order valence-corrected chi connectivity index (χ3v) is 10.4. The number of hydrogen-bond donors (Lipinski definition) is 0. The van der Waals surface area contributed by atoms with E-state index < -0.39 is 0 Å². The molecular formula is C45H32N2O. The molecular weight excluding hydrogens is 585 g/mol. The molecule has 1 aliphatic rings. The lowest BCUT2D eigenvalue weighted by Crippen LogP contribution is -2.15. The van der Waals surface area contributed by atoms with E-state index in [1.54, 1.807) is 0 Å². The van der Waals surface area contributed by atoms with E-state index in [-0.39, 0.29) is 5.41 Å². The van der Waals surface area contributed by atoms with Crippen LogP contribution in [-0.2, 0) is 5.41 Å². The van der Waals surface area contributed by atoms with Gasteiger partial charge in [-0.25, -0.2) is 0 Å². The fourth-order valence-corrected chi connectivity index (χ4v) is 8.14. The Morgan fingerprint density at radius 2 is 1.19 bits per heavy atom. The van der Waals surface area contributed by atoms with Gasteiger partial charge in [-0.3, -0.25) is 0 Å². The van der Waals surface area contributed by atoms with E-state index >= 15 is 0 Å². The molecule has 0 saturated carbocycles. The van der Waals surface area contributed by atoms with Crippen LogP contribution in [0.5, 0.6) is 0 Å². The molecule has 0 aliphatic heterocycles. The van der Waals surface area contributed by atoms with Crippen molar-refractivity contribution < 1.29 is 4.42 Å². The largest absolute Gasteiger partial charge is 0.455 e. The Balaban J connectivity index is 1.19. The van der Waals surface area contributed by atoms with Crippen LogP contribution in [0.1, 0.15) is 25.0 Å². The Bertz CT molecular complexity index is 2700. The van der Waals surface area contributed by atoms with E-state index in [1.165, 1.54) is 33.2 Å². The van der Waals surface area contributed by atoms with Crippen molar-refractivity contribution in [3.05, 3.63) is 169 Å². The van der Waals surface area contributed by atoms with Gasteiger partial charge in [0.1, 0.15) is 11.2 Å². The van der Waals surface area contributed by atoms with Crippen molar-refractivity contribution in [2.24, 2.45) is 0 Å². The Kier molecular flexibility index (Phi) is 5.63. The van der Waals surface area contributed by atoms with Gasteiger partial charge in [0.05, 0.1) is 16.4 Å². The highest BCUT2D eigenvalue weighted by Crippen LogP contribution is 2.51. The van der Waals surface area contributed by atoms with Gasteiger partial charge in [-0.05, 0) is 95.1 Å². The Morgan fingerprint density at radius 1 is 0.500 bits per heavy atom. The summed E-state index contributed by atoms with van der Waals surface area (Å²) in [6, 6.07) is 56.8. The van der Waals surface area contributed by atoms with Crippen LogP contribution in [0.25, 0.3) is 60.6 Å². The maximum absolute atomic E-state index is 6.76. The first-order valence-corrected chi connectivity index (χ1v) is 16.6. The van der Waals surface area contributed by atoms with Gasteiger partial charge in [0, 0.05) is 44.3 Å². The van der Waals surface area contributed by atoms with E-state index in [4.69, 9.17) is 4.42 Å². The van der Waals surface area contributed by atoms with Crippen LogP contribution in [0.15, 0.2) is 162 Å². The highest BCUT2D eigenvalue weighted by atomic mass is 16.3. The van der Waals surface area contributed by atoms with Crippen molar-refractivity contribution in [1.82, 2.24) is 4.57 Å². The predicted octanol–water partition coefficient (Wildman–Crippen LogP) is 12.5. The Labute approximate surface area is 278 Å². The molecule has 1 aliphatic carbocycles. The fraction of sp³-hybridized carbons (Fsp3) is 0.0667. The second kappa shape index (κ2) is 9.97. The molecule has 9 aromatic rings. The monoisotopic (exact) mass is 616 g/mol. The zero-order chi connectivity index (χ0) is 32.0. The number of anilines is 3. The number of aromatic nitrogens is 1. The lowest BCUT2D eigenvalue weighted by Gasteiger charge is -2.27. The van der Waals surface area contributed by atoms with Gasteiger partial charge in [0.25, 0.3) is 0 Å². The minimum absolute atomic E-state index is 0.0361. The molecule has 0 radical (unpaired) electrons. The summed E-state index contributed by atoms with van der Waals surface area (Å²) in [4.78, 5) is 2.37. The van der Waals surface area contributed by atoms with Crippen molar-refractivity contribution in [1.29, 1.82) is 0 Å². The third-order valence-electron chi connectivity index (χ3n) is 10.4. The van der Waals surface area contributed by atoms with Crippen molar-refractivity contribution in [2.45, 2.75) is 19.3 Å². The van der Waals surface area contributed by atoms with Crippen LogP contribution in [0.4, 0.5) is 17.1 Å². The van der Waals surface area contributed by atoms with Crippen LogP contribution < -0.4 is 4.90 Å². The summed E-state index contributed by atoms with van der Waals surface area (Å²) in [5, 5.41) is 4.56. The average molecular weight is 617 g/mol. The van der Waals surface area contributed by atoms with Gasteiger partial charge in [-0.2, -0.15) is 0 Å². The Morgan fingerprint density at radius 3 is 2.04 bits per heavy atom. The van der Waals surface area contributed by atoms with E-state index in [0.717, 1.165) is 55.6 Å². The quantitative estimate of drug-likeness (QED) is 0.196. The number of benzene rings is 7. The molecule has 2 aromatic heterocycles. The molecule has 0 amide bonds. The minimum Gasteiger partial charge on any atom is -0.455 e. The van der Waals surface area contributed by atoms with Crippen LogP contribution in [0.3, 0.4) is 0 Å².